The molecule has 0 unspecified atom stereocenters. The van der Waals surface area contributed by atoms with E-state index in [0.717, 1.165) is 0 Å². The van der Waals surface area contributed by atoms with Gasteiger partial charge in [-0.05, 0) is 20.8 Å². The molecule has 0 saturated carbocycles. The summed E-state index contributed by atoms with van der Waals surface area (Å²) in [6.07, 6.45) is 1.28. The molecule has 0 aromatic rings. The summed E-state index contributed by atoms with van der Waals surface area (Å²) in [6, 6.07) is -0.566. The van der Waals surface area contributed by atoms with Crippen LogP contribution in [-0.2, 0) is 9.53 Å². The summed E-state index contributed by atoms with van der Waals surface area (Å²) < 4.78 is 5.04. The fraction of sp³-hybridized carbons (Fsp3) is 0.556. The summed E-state index contributed by atoms with van der Waals surface area (Å²) in [6.45, 7) is 5.34. The summed E-state index contributed by atoms with van der Waals surface area (Å²) >= 11 is 0. The normalized spacial score (nSPS) is 15.6. The van der Waals surface area contributed by atoms with Gasteiger partial charge in [0.05, 0.1) is 18.3 Å². The molecule has 0 radical (unpaired) electrons. The second kappa shape index (κ2) is 3.69. The molecule has 5 nitrogen and oxygen atoms in total. The van der Waals surface area contributed by atoms with Crippen molar-refractivity contribution < 1.29 is 14.3 Å². The number of esters is 1. The summed E-state index contributed by atoms with van der Waals surface area (Å²) in [5, 5.41) is 0. The molecule has 0 atom stereocenters. The van der Waals surface area contributed by atoms with E-state index in [1.54, 1.807) is 20.8 Å². The van der Waals surface area contributed by atoms with Gasteiger partial charge in [0.15, 0.2) is 0 Å². The predicted octanol–water partition coefficient (Wildman–Crippen LogP) is 1.36. The van der Waals surface area contributed by atoms with E-state index in [4.69, 9.17) is 4.74 Å². The maximum Gasteiger partial charge on any atom is 0.367 e. The predicted molar refractivity (Wildman–Crippen MR) is 51.8 cm³/mol. The smallest absolute Gasteiger partial charge is 0.367 e. The van der Waals surface area contributed by atoms with Gasteiger partial charge in [0.1, 0.15) is 5.60 Å². The molecule has 0 saturated heterocycles. The van der Waals surface area contributed by atoms with Crippen molar-refractivity contribution in [2.24, 2.45) is 9.98 Å². The molecule has 76 valence electrons. The number of carbonyl (C=O) groups is 2. The first-order valence-corrected chi connectivity index (χ1v) is 4.24. The molecule has 0 fully saturated rings. The van der Waals surface area contributed by atoms with E-state index in [1.165, 1.54) is 6.21 Å². The molecule has 0 spiro atoms. The van der Waals surface area contributed by atoms with Gasteiger partial charge in [0, 0.05) is 0 Å². The summed E-state index contributed by atoms with van der Waals surface area (Å²) in [4.78, 5) is 28.7. The molecule has 1 aliphatic heterocycles. The molecule has 1 heterocycles. The zero-order valence-corrected chi connectivity index (χ0v) is 8.40. The Kier molecular flexibility index (Phi) is 2.78. The van der Waals surface area contributed by atoms with Crippen molar-refractivity contribution in [1.29, 1.82) is 0 Å². The van der Waals surface area contributed by atoms with Gasteiger partial charge < -0.3 is 4.74 Å². The Hall–Kier alpha value is -1.52. The lowest BCUT2D eigenvalue weighted by Crippen LogP contribution is -2.25. The second-order valence-corrected chi connectivity index (χ2v) is 3.91. The van der Waals surface area contributed by atoms with Crippen LogP contribution in [0.5, 0.6) is 0 Å². The molecular formula is C9H12N2O3. The second-order valence-electron chi connectivity index (χ2n) is 3.91. The van der Waals surface area contributed by atoms with Gasteiger partial charge in [-0.3, -0.25) is 4.79 Å². The van der Waals surface area contributed by atoms with Gasteiger partial charge in [-0.15, -0.1) is 0 Å². The third-order valence-corrected chi connectivity index (χ3v) is 1.31. The lowest BCUT2D eigenvalue weighted by molar-refractivity contribution is -0.153. The monoisotopic (exact) mass is 196 g/mol. The van der Waals surface area contributed by atoms with Gasteiger partial charge in [-0.2, -0.15) is 9.98 Å². The van der Waals surface area contributed by atoms with Gasteiger partial charge in [-0.25, -0.2) is 4.79 Å². The van der Waals surface area contributed by atoms with Crippen molar-refractivity contribution in [3.05, 3.63) is 0 Å². The number of nitrogens with zero attached hydrogens (tertiary/aromatic N) is 2. The summed E-state index contributed by atoms with van der Waals surface area (Å²) in [5.41, 5.74) is -0.165. The van der Waals surface area contributed by atoms with Crippen molar-refractivity contribution >= 4 is 23.9 Å². The maximum atomic E-state index is 11.2. The highest BCUT2D eigenvalue weighted by Crippen LogP contribution is 2.09. The van der Waals surface area contributed by atoms with E-state index >= 15 is 0 Å². The van der Waals surface area contributed by atoms with Crippen molar-refractivity contribution in [3.63, 3.8) is 0 Å². The van der Waals surface area contributed by atoms with E-state index in [0.29, 0.717) is 5.71 Å². The number of hydrogen-bond acceptors (Lipinski definition) is 3. The number of amides is 2. The van der Waals surface area contributed by atoms with Gasteiger partial charge >= 0.3 is 12.0 Å². The molecular weight excluding hydrogens is 184 g/mol. The summed E-state index contributed by atoms with van der Waals surface area (Å²) in [7, 11) is 0. The molecule has 0 aromatic heterocycles. The van der Waals surface area contributed by atoms with Crippen LogP contribution >= 0.6 is 0 Å². The first-order chi connectivity index (χ1) is 6.37. The lowest BCUT2D eigenvalue weighted by Gasteiger charge is -2.18. The maximum absolute atomic E-state index is 11.2. The standard InChI is InChI=1S/C9H12N2O3/c1-9(2,3)14-7(12)4-6-5-10-8(13)11-6/h5H,4H2,1-3H3. The van der Waals surface area contributed by atoms with E-state index in [2.05, 4.69) is 9.98 Å². The van der Waals surface area contributed by atoms with E-state index < -0.39 is 17.6 Å². The highest BCUT2D eigenvalue weighted by molar-refractivity contribution is 6.40. The molecule has 0 N–H and O–H groups in total. The lowest BCUT2D eigenvalue weighted by atomic mass is 10.2. The molecule has 0 bridgehead atoms. The van der Waals surface area contributed by atoms with E-state index in [1.807, 2.05) is 0 Å². The number of rotatable bonds is 2. The van der Waals surface area contributed by atoms with E-state index in [9.17, 15) is 9.59 Å². The van der Waals surface area contributed by atoms with Crippen molar-refractivity contribution in [3.8, 4) is 0 Å². The number of aliphatic imine (C=N–C) groups is 2. The van der Waals surface area contributed by atoms with Crippen molar-refractivity contribution in [1.82, 2.24) is 0 Å². The topological polar surface area (TPSA) is 68.1 Å². The Morgan fingerprint density at radius 3 is 2.57 bits per heavy atom. The minimum atomic E-state index is -0.566. The fourth-order valence-corrected chi connectivity index (χ4v) is 0.921. The molecule has 1 rings (SSSR count). The van der Waals surface area contributed by atoms with Crippen LogP contribution < -0.4 is 0 Å². The molecule has 0 aromatic carbocycles. The van der Waals surface area contributed by atoms with Crippen LogP contribution in [0, 0.1) is 0 Å². The Labute approximate surface area is 81.9 Å². The average molecular weight is 196 g/mol. The van der Waals surface area contributed by atoms with Gasteiger partial charge in [0.25, 0.3) is 0 Å². The van der Waals surface area contributed by atoms with E-state index in [-0.39, 0.29) is 6.42 Å². The molecule has 5 heteroatoms. The first kappa shape index (κ1) is 10.6. The third-order valence-electron chi connectivity index (χ3n) is 1.31. The van der Waals surface area contributed by atoms with Crippen molar-refractivity contribution in [2.45, 2.75) is 32.8 Å². The van der Waals surface area contributed by atoms with Crippen LogP contribution in [-0.4, -0.2) is 29.5 Å². The van der Waals surface area contributed by atoms with Crippen LogP contribution in [0.15, 0.2) is 9.98 Å². The first-order valence-electron chi connectivity index (χ1n) is 4.24. The molecule has 14 heavy (non-hydrogen) atoms. The molecule has 1 aliphatic rings. The Morgan fingerprint density at radius 2 is 2.14 bits per heavy atom. The van der Waals surface area contributed by atoms with Crippen LogP contribution in [0.1, 0.15) is 27.2 Å². The third kappa shape index (κ3) is 3.47. The van der Waals surface area contributed by atoms with Crippen LogP contribution in [0.25, 0.3) is 0 Å². The number of carbonyl (C=O) groups excluding carboxylic acids is 2. The number of ether oxygens (including phenoxy) is 1. The Morgan fingerprint density at radius 1 is 1.50 bits per heavy atom. The SMILES string of the molecule is CC(C)(C)OC(=O)CC1=NC(=O)N=C1. The Balaban J connectivity index is 2.47. The van der Waals surface area contributed by atoms with Crippen molar-refractivity contribution in [2.75, 3.05) is 0 Å². The number of urea groups is 1. The zero-order valence-electron chi connectivity index (χ0n) is 8.40. The van der Waals surface area contributed by atoms with Crippen LogP contribution in [0.2, 0.25) is 0 Å². The molecule has 0 aliphatic carbocycles. The molecule has 2 amide bonds. The summed E-state index contributed by atoms with van der Waals surface area (Å²) in [5.74, 6) is -0.405. The average Bonchev–Trinajstić information content (AvgIpc) is 2.30. The zero-order chi connectivity index (χ0) is 10.8. The Bertz CT molecular complexity index is 323. The highest BCUT2D eigenvalue weighted by atomic mass is 16.6. The minimum absolute atomic E-state index is 0.00743. The van der Waals surface area contributed by atoms with Crippen LogP contribution in [0.4, 0.5) is 4.79 Å². The van der Waals surface area contributed by atoms with Crippen LogP contribution in [0.3, 0.4) is 0 Å². The quantitative estimate of drug-likeness (QED) is 0.626. The highest BCUT2D eigenvalue weighted by Gasteiger charge is 2.19. The van der Waals surface area contributed by atoms with Gasteiger partial charge in [0.2, 0.25) is 0 Å². The fourth-order valence-electron chi connectivity index (χ4n) is 0.921. The largest absolute Gasteiger partial charge is 0.460 e. The number of hydrogen-bond donors (Lipinski definition) is 0. The van der Waals surface area contributed by atoms with Gasteiger partial charge in [-0.1, -0.05) is 0 Å². The minimum Gasteiger partial charge on any atom is -0.460 e.